The number of nitrogens with zero attached hydrogens (tertiary/aromatic N) is 7. The third kappa shape index (κ3) is 4.12. The largest absolute Gasteiger partial charge is 0.488 e. The van der Waals surface area contributed by atoms with E-state index in [9.17, 15) is 4.79 Å². The first-order chi connectivity index (χ1) is 19.2. The number of ether oxygens (including phenoxy) is 2. The van der Waals surface area contributed by atoms with Crippen molar-refractivity contribution in [3.8, 4) is 22.8 Å². The van der Waals surface area contributed by atoms with Crippen molar-refractivity contribution in [2.75, 3.05) is 43.1 Å². The number of carbonyl (C=O) groups is 1. The third-order valence-corrected chi connectivity index (χ3v) is 8.20. The highest BCUT2D eigenvalue weighted by Gasteiger charge is 2.49. The molecule has 5 heterocycles. The summed E-state index contributed by atoms with van der Waals surface area (Å²) >= 11 is 0. The number of anilines is 2. The molecule has 3 aromatic heterocycles. The fourth-order valence-corrected chi connectivity index (χ4v) is 5.60. The number of amides is 1. The van der Waals surface area contributed by atoms with Crippen LogP contribution in [0.25, 0.3) is 17.1 Å². The van der Waals surface area contributed by atoms with Crippen LogP contribution in [0, 0.1) is 0 Å². The van der Waals surface area contributed by atoms with E-state index in [-0.39, 0.29) is 18.9 Å². The van der Waals surface area contributed by atoms with Crippen molar-refractivity contribution < 1.29 is 14.3 Å². The number of benzene rings is 1. The molecule has 0 radical (unpaired) electrons. The molecule has 40 heavy (non-hydrogen) atoms. The molecule has 2 aliphatic heterocycles. The quantitative estimate of drug-likeness (QED) is 0.404. The molecule has 2 aliphatic carbocycles. The molecule has 4 aliphatic rings. The Bertz CT molecular complexity index is 1580. The summed E-state index contributed by atoms with van der Waals surface area (Å²) in [6.07, 6.45) is 11.9. The van der Waals surface area contributed by atoms with Crippen LogP contribution in [0.15, 0.2) is 49.3 Å². The van der Waals surface area contributed by atoms with Gasteiger partial charge in [0, 0.05) is 25.2 Å². The molecule has 2 saturated carbocycles. The Morgan fingerprint density at radius 3 is 2.73 bits per heavy atom. The molecule has 4 aromatic rings. The highest BCUT2D eigenvalue weighted by Crippen LogP contribution is 2.50. The van der Waals surface area contributed by atoms with E-state index in [2.05, 4.69) is 41.1 Å². The minimum Gasteiger partial charge on any atom is -0.488 e. The lowest BCUT2D eigenvalue weighted by molar-refractivity contribution is 0.102. The Morgan fingerprint density at radius 2 is 1.93 bits per heavy atom. The number of hydrogen-bond donors (Lipinski definition) is 1. The van der Waals surface area contributed by atoms with Gasteiger partial charge in [-0.1, -0.05) is 13.5 Å². The second-order valence-corrected chi connectivity index (χ2v) is 10.8. The fourth-order valence-electron chi connectivity index (χ4n) is 5.60. The molecule has 1 aromatic carbocycles. The molecule has 1 saturated heterocycles. The van der Waals surface area contributed by atoms with Gasteiger partial charge in [0.15, 0.2) is 11.6 Å². The van der Waals surface area contributed by atoms with E-state index in [1.165, 1.54) is 12.8 Å². The van der Waals surface area contributed by atoms with Gasteiger partial charge in [-0.2, -0.15) is 0 Å². The normalized spacial score (nSPS) is 18.6. The second-order valence-electron chi connectivity index (χ2n) is 10.8. The Balaban J connectivity index is 0.00000264. The minimum atomic E-state index is -0.309. The van der Waals surface area contributed by atoms with E-state index in [1.54, 1.807) is 12.5 Å². The van der Waals surface area contributed by atoms with Crippen LogP contribution in [-0.4, -0.2) is 68.1 Å². The van der Waals surface area contributed by atoms with E-state index in [0.29, 0.717) is 42.9 Å². The summed E-state index contributed by atoms with van der Waals surface area (Å²) in [7, 11) is 0. The lowest BCUT2D eigenvalue weighted by Gasteiger charge is -2.30. The van der Waals surface area contributed by atoms with Crippen molar-refractivity contribution in [3.63, 3.8) is 0 Å². The predicted octanol–water partition coefficient (Wildman–Crippen LogP) is 4.01. The first-order valence-corrected chi connectivity index (χ1v) is 13.5. The molecule has 0 unspecified atom stereocenters. The smallest absolute Gasteiger partial charge is 0.274 e. The second kappa shape index (κ2) is 9.44. The number of carbonyl (C=O) groups excluding carboxylic acids is 1. The number of imidazole rings is 1. The maximum Gasteiger partial charge on any atom is 0.274 e. The third-order valence-electron chi connectivity index (χ3n) is 8.20. The average Bonchev–Trinajstić information content (AvgIpc) is 3.89. The number of para-hydroxylation sites is 1. The molecule has 8 rings (SSSR count). The molecular weight excluding hydrogens is 508 g/mol. The molecule has 1 amide bonds. The monoisotopic (exact) mass is 540 g/mol. The van der Waals surface area contributed by atoms with Crippen molar-refractivity contribution in [1.29, 1.82) is 0 Å². The van der Waals surface area contributed by atoms with Crippen LogP contribution in [0.3, 0.4) is 0 Å². The zero-order valence-electron chi connectivity index (χ0n) is 21.4. The number of morpholine rings is 1. The van der Waals surface area contributed by atoms with Crippen molar-refractivity contribution in [2.24, 2.45) is 0 Å². The van der Waals surface area contributed by atoms with Crippen LogP contribution in [0.2, 0.25) is 0 Å². The molecule has 206 valence electrons. The maximum absolute atomic E-state index is 13.6. The van der Waals surface area contributed by atoms with Gasteiger partial charge in [-0.25, -0.2) is 9.97 Å². The van der Waals surface area contributed by atoms with Gasteiger partial charge in [0.05, 0.1) is 59.6 Å². The van der Waals surface area contributed by atoms with Crippen molar-refractivity contribution in [2.45, 2.75) is 44.6 Å². The minimum absolute atomic E-state index is 0. The summed E-state index contributed by atoms with van der Waals surface area (Å²) in [4.78, 5) is 25.1. The number of rotatable bonds is 5. The lowest BCUT2D eigenvalue weighted by Crippen LogP contribution is -2.37. The zero-order chi connectivity index (χ0) is 26.0. The fraction of sp³-hybridized carbons (Fsp3) is 0.414. The van der Waals surface area contributed by atoms with E-state index in [1.807, 2.05) is 35.2 Å². The Kier molecular flexibility index (Phi) is 5.85. The van der Waals surface area contributed by atoms with Crippen LogP contribution in [0.4, 0.5) is 11.4 Å². The van der Waals surface area contributed by atoms with Gasteiger partial charge in [-0.15, -0.1) is 10.2 Å². The predicted molar refractivity (Wildman–Crippen MR) is 149 cm³/mol. The van der Waals surface area contributed by atoms with Crippen molar-refractivity contribution >= 4 is 17.3 Å². The first kappa shape index (κ1) is 24.8. The number of hydrogen-bond acceptors (Lipinski definition) is 8. The number of nitrogens with one attached hydrogen (secondary N) is 1. The SMILES string of the molecule is C.O=C(Nc1cccc2c1OCC1(CC1)n1cnnc1-2)c1cc(-n2cnc(C3CC3)c2)c(N2CCOCC2)cn1. The Labute approximate surface area is 232 Å². The summed E-state index contributed by atoms with van der Waals surface area (Å²) in [5, 5.41) is 11.6. The summed E-state index contributed by atoms with van der Waals surface area (Å²) in [5.41, 5.74) is 4.55. The first-order valence-electron chi connectivity index (χ1n) is 13.5. The molecule has 0 atom stereocenters. The van der Waals surface area contributed by atoms with Crippen LogP contribution in [0.5, 0.6) is 5.75 Å². The number of pyridine rings is 1. The topological polar surface area (TPSA) is 112 Å². The molecule has 0 bridgehead atoms. The van der Waals surface area contributed by atoms with Crippen LogP contribution < -0.4 is 15.0 Å². The molecule has 11 heteroatoms. The maximum atomic E-state index is 13.6. The zero-order valence-corrected chi connectivity index (χ0v) is 21.4. The van der Waals surface area contributed by atoms with Crippen molar-refractivity contribution in [3.05, 3.63) is 60.7 Å². The average molecular weight is 541 g/mol. The highest BCUT2D eigenvalue weighted by atomic mass is 16.5. The molecule has 1 N–H and O–H groups in total. The number of fused-ring (bicyclic) bond motifs is 4. The van der Waals surface area contributed by atoms with Gasteiger partial charge in [0.1, 0.15) is 18.6 Å². The summed E-state index contributed by atoms with van der Waals surface area (Å²) in [5.74, 6) is 1.60. The van der Waals surface area contributed by atoms with Gasteiger partial charge in [0.2, 0.25) is 0 Å². The van der Waals surface area contributed by atoms with E-state index in [0.717, 1.165) is 54.4 Å². The van der Waals surface area contributed by atoms with Gasteiger partial charge in [-0.3, -0.25) is 4.79 Å². The molecule has 1 spiro atoms. The van der Waals surface area contributed by atoms with Crippen LogP contribution >= 0.6 is 0 Å². The van der Waals surface area contributed by atoms with E-state index >= 15 is 0 Å². The summed E-state index contributed by atoms with van der Waals surface area (Å²) < 4.78 is 16.0. The lowest BCUT2D eigenvalue weighted by atomic mass is 10.1. The van der Waals surface area contributed by atoms with Gasteiger partial charge in [-0.05, 0) is 43.9 Å². The van der Waals surface area contributed by atoms with Crippen LogP contribution in [0.1, 0.15) is 55.2 Å². The number of aromatic nitrogens is 6. The molecule has 11 nitrogen and oxygen atoms in total. The molecule has 3 fully saturated rings. The van der Waals surface area contributed by atoms with E-state index in [4.69, 9.17) is 9.47 Å². The van der Waals surface area contributed by atoms with Gasteiger partial charge >= 0.3 is 0 Å². The van der Waals surface area contributed by atoms with Crippen LogP contribution in [-0.2, 0) is 10.3 Å². The van der Waals surface area contributed by atoms with E-state index < -0.39 is 0 Å². The summed E-state index contributed by atoms with van der Waals surface area (Å²) in [6.45, 7) is 3.37. The van der Waals surface area contributed by atoms with Crippen molar-refractivity contribution in [1.82, 2.24) is 29.3 Å². The standard InChI is InChI=1S/C28H28N8O3.CH4/c37-27(32-20-3-1-2-19-25(20)39-15-28(6-7-28)36-17-31-33-26(19)36)21-12-23(35-14-22(30-16-35)18-4-5-18)24(13-29-21)34-8-10-38-11-9-34;/h1-3,12-14,16-18H,4-11,15H2,(H,32,37);1H4. The Hall–Kier alpha value is -4.25. The summed E-state index contributed by atoms with van der Waals surface area (Å²) in [6, 6.07) is 7.55. The molecular formula is C29H32N8O3. The van der Waals surface area contributed by atoms with Gasteiger partial charge in [0.25, 0.3) is 5.91 Å². The Morgan fingerprint density at radius 1 is 1.07 bits per heavy atom. The van der Waals surface area contributed by atoms with Gasteiger partial charge < -0.3 is 28.8 Å². The highest BCUT2D eigenvalue weighted by molar-refractivity contribution is 6.05.